The summed E-state index contributed by atoms with van der Waals surface area (Å²) in [4.78, 5) is 38.2. The van der Waals surface area contributed by atoms with E-state index >= 15 is 0 Å². The molecule has 1 aliphatic rings. The third kappa shape index (κ3) is 4.69. The molecular formula is C25H18BrFN2O5. The molecule has 0 bridgehead atoms. The third-order valence-electron chi connectivity index (χ3n) is 5.03. The molecule has 1 saturated heterocycles. The normalized spacial score (nSPS) is 14.9. The van der Waals surface area contributed by atoms with E-state index in [4.69, 9.17) is 9.47 Å². The molecule has 4 amide bonds. The molecule has 1 heterocycles. The summed E-state index contributed by atoms with van der Waals surface area (Å²) >= 11 is 3.47. The number of methoxy groups -OCH3 is 1. The van der Waals surface area contributed by atoms with Crippen LogP contribution in [0.1, 0.15) is 11.1 Å². The van der Waals surface area contributed by atoms with Crippen LogP contribution in [-0.4, -0.2) is 25.0 Å². The molecule has 9 heteroatoms. The van der Waals surface area contributed by atoms with Crippen LogP contribution in [0.2, 0.25) is 0 Å². The van der Waals surface area contributed by atoms with Gasteiger partial charge in [-0.15, -0.1) is 0 Å². The van der Waals surface area contributed by atoms with E-state index in [0.717, 1.165) is 16.1 Å². The predicted molar refractivity (Wildman–Crippen MR) is 127 cm³/mol. The molecule has 3 aromatic rings. The van der Waals surface area contributed by atoms with Crippen LogP contribution in [0.15, 0.2) is 76.8 Å². The van der Waals surface area contributed by atoms with E-state index in [1.165, 1.54) is 31.4 Å². The number of anilines is 1. The van der Waals surface area contributed by atoms with Crippen LogP contribution >= 0.6 is 15.9 Å². The van der Waals surface area contributed by atoms with Crippen LogP contribution in [0.4, 0.5) is 14.9 Å². The fourth-order valence-electron chi connectivity index (χ4n) is 3.34. The van der Waals surface area contributed by atoms with Crippen LogP contribution in [-0.2, 0) is 16.2 Å². The number of amides is 4. The highest BCUT2D eigenvalue weighted by Crippen LogP contribution is 2.31. The van der Waals surface area contributed by atoms with Crippen LogP contribution in [0, 0.1) is 5.82 Å². The first-order valence-electron chi connectivity index (χ1n) is 10.1. The lowest BCUT2D eigenvalue weighted by atomic mass is 10.1. The Bertz CT molecular complexity index is 1320. The third-order valence-corrected chi connectivity index (χ3v) is 5.81. The van der Waals surface area contributed by atoms with Gasteiger partial charge in [-0.05, 0) is 42.0 Å². The summed E-state index contributed by atoms with van der Waals surface area (Å²) in [6.45, 7) is 0.290. The first-order valence-corrected chi connectivity index (χ1v) is 10.9. The number of nitrogens with zero attached hydrogens (tertiary/aromatic N) is 1. The zero-order chi connectivity index (χ0) is 24.2. The molecule has 0 spiro atoms. The van der Waals surface area contributed by atoms with Crippen molar-refractivity contribution in [1.82, 2.24) is 5.32 Å². The maximum Gasteiger partial charge on any atom is 0.336 e. The molecule has 3 aromatic carbocycles. The minimum atomic E-state index is -1.02. The zero-order valence-electron chi connectivity index (χ0n) is 17.9. The fourth-order valence-corrected chi connectivity index (χ4v) is 3.74. The fraction of sp³-hybridized carbons (Fsp3) is 0.0800. The second kappa shape index (κ2) is 9.88. The van der Waals surface area contributed by atoms with Gasteiger partial charge in [0.05, 0.1) is 12.8 Å². The van der Waals surface area contributed by atoms with Crippen molar-refractivity contribution in [3.63, 3.8) is 0 Å². The molecule has 1 fully saturated rings. The maximum absolute atomic E-state index is 14.2. The van der Waals surface area contributed by atoms with Crippen molar-refractivity contribution >= 4 is 45.5 Å². The lowest BCUT2D eigenvalue weighted by Gasteiger charge is -2.26. The van der Waals surface area contributed by atoms with Crippen LogP contribution in [0.25, 0.3) is 6.08 Å². The smallest absolute Gasteiger partial charge is 0.336 e. The van der Waals surface area contributed by atoms with E-state index < -0.39 is 23.7 Å². The number of nitrogens with one attached hydrogen (secondary N) is 1. The lowest BCUT2D eigenvalue weighted by molar-refractivity contribution is -0.122. The number of carbonyl (C=O) groups excluding carboxylic acids is 3. The monoisotopic (exact) mass is 524 g/mol. The largest absolute Gasteiger partial charge is 0.493 e. The zero-order valence-corrected chi connectivity index (χ0v) is 19.5. The van der Waals surface area contributed by atoms with E-state index in [1.807, 2.05) is 24.3 Å². The second-order valence-corrected chi connectivity index (χ2v) is 8.05. The van der Waals surface area contributed by atoms with Gasteiger partial charge in [-0.25, -0.2) is 14.1 Å². The summed E-state index contributed by atoms with van der Waals surface area (Å²) in [6, 6.07) is 16.8. The highest BCUT2D eigenvalue weighted by molar-refractivity contribution is 9.10. The predicted octanol–water partition coefficient (Wildman–Crippen LogP) is 4.84. The molecule has 0 saturated carbocycles. The summed E-state index contributed by atoms with van der Waals surface area (Å²) in [5, 5.41) is 2.07. The minimum Gasteiger partial charge on any atom is -0.493 e. The molecule has 4 rings (SSSR count). The van der Waals surface area contributed by atoms with Crippen molar-refractivity contribution in [3.05, 3.63) is 93.7 Å². The highest BCUT2D eigenvalue weighted by Gasteiger charge is 2.37. The highest BCUT2D eigenvalue weighted by atomic mass is 79.9. The Labute approximate surface area is 202 Å². The lowest BCUT2D eigenvalue weighted by Crippen LogP contribution is -2.54. The Kier molecular flexibility index (Phi) is 6.74. The number of imide groups is 2. The first kappa shape index (κ1) is 23.2. The number of rotatable bonds is 6. The molecule has 0 aliphatic carbocycles. The standard InChI is InChI=1S/C25H18BrFN2O5/c1-33-22-13-15(10-11-21(22)34-14-16-6-2-3-7-18(16)26)12-17-23(30)28-25(32)29(24(17)31)20-9-5-4-8-19(20)27/h2-13H,14H2,1H3,(H,28,30,32)/b17-12-. The van der Waals surface area contributed by atoms with E-state index in [2.05, 4.69) is 21.2 Å². The molecule has 0 unspecified atom stereocenters. The van der Waals surface area contributed by atoms with Gasteiger partial charge < -0.3 is 9.47 Å². The number of ether oxygens (including phenoxy) is 2. The number of halogens is 2. The van der Waals surface area contributed by atoms with Gasteiger partial charge in [0.1, 0.15) is 18.0 Å². The maximum atomic E-state index is 14.2. The molecule has 0 atom stereocenters. The summed E-state index contributed by atoms with van der Waals surface area (Å²) in [7, 11) is 1.47. The average molecular weight is 525 g/mol. The van der Waals surface area contributed by atoms with E-state index in [0.29, 0.717) is 28.6 Å². The van der Waals surface area contributed by atoms with Gasteiger partial charge in [-0.1, -0.05) is 52.3 Å². The van der Waals surface area contributed by atoms with Crippen molar-refractivity contribution in [3.8, 4) is 11.5 Å². The summed E-state index contributed by atoms with van der Waals surface area (Å²) in [5.41, 5.74) is 0.813. The molecule has 34 heavy (non-hydrogen) atoms. The molecule has 1 N–H and O–H groups in total. The molecular weight excluding hydrogens is 507 g/mol. The average Bonchev–Trinajstić information content (AvgIpc) is 2.82. The SMILES string of the molecule is COc1cc(/C=C2/C(=O)NC(=O)N(c3ccccc3F)C2=O)ccc1OCc1ccccc1Br. The number of hydrogen-bond donors (Lipinski definition) is 1. The topological polar surface area (TPSA) is 84.9 Å². The van der Waals surface area contributed by atoms with Gasteiger partial charge in [0.25, 0.3) is 11.8 Å². The van der Waals surface area contributed by atoms with Crippen molar-refractivity contribution in [1.29, 1.82) is 0 Å². The summed E-state index contributed by atoms with van der Waals surface area (Å²) in [5.74, 6) is -1.74. The number of hydrogen-bond acceptors (Lipinski definition) is 5. The number of urea groups is 1. The first-order chi connectivity index (χ1) is 16.4. The number of para-hydroxylation sites is 1. The Morgan fingerprint density at radius 1 is 1.00 bits per heavy atom. The van der Waals surface area contributed by atoms with E-state index in [9.17, 15) is 18.8 Å². The second-order valence-electron chi connectivity index (χ2n) is 7.20. The van der Waals surface area contributed by atoms with Crippen molar-refractivity contribution in [2.24, 2.45) is 0 Å². The van der Waals surface area contributed by atoms with Gasteiger partial charge in [-0.2, -0.15) is 0 Å². The van der Waals surface area contributed by atoms with Gasteiger partial charge in [0.15, 0.2) is 11.5 Å². The van der Waals surface area contributed by atoms with Gasteiger partial charge in [0.2, 0.25) is 0 Å². The minimum absolute atomic E-state index is 0.253. The van der Waals surface area contributed by atoms with Gasteiger partial charge in [0, 0.05) is 10.0 Å². The van der Waals surface area contributed by atoms with Crippen molar-refractivity contribution in [2.75, 3.05) is 12.0 Å². The number of benzene rings is 3. The molecule has 0 radical (unpaired) electrons. The number of carbonyl (C=O) groups is 3. The molecule has 7 nitrogen and oxygen atoms in total. The Balaban J connectivity index is 1.61. The Morgan fingerprint density at radius 2 is 1.74 bits per heavy atom. The Hall–Kier alpha value is -3.98. The van der Waals surface area contributed by atoms with Crippen LogP contribution in [0.3, 0.4) is 0 Å². The Morgan fingerprint density at radius 3 is 2.47 bits per heavy atom. The number of barbiturate groups is 1. The summed E-state index contributed by atoms with van der Waals surface area (Å²) in [6.07, 6.45) is 1.30. The van der Waals surface area contributed by atoms with Crippen molar-refractivity contribution in [2.45, 2.75) is 6.61 Å². The van der Waals surface area contributed by atoms with Crippen LogP contribution in [0.5, 0.6) is 11.5 Å². The summed E-state index contributed by atoms with van der Waals surface area (Å²) < 4.78 is 26.4. The molecule has 172 valence electrons. The molecule has 0 aromatic heterocycles. The molecule has 1 aliphatic heterocycles. The quantitative estimate of drug-likeness (QED) is 0.368. The van der Waals surface area contributed by atoms with Crippen LogP contribution < -0.4 is 19.7 Å². The van der Waals surface area contributed by atoms with Gasteiger partial charge in [-0.3, -0.25) is 14.9 Å². The van der Waals surface area contributed by atoms with E-state index in [-0.39, 0.29) is 11.3 Å². The van der Waals surface area contributed by atoms with Gasteiger partial charge >= 0.3 is 6.03 Å². The van der Waals surface area contributed by atoms with E-state index in [1.54, 1.807) is 18.2 Å². The van der Waals surface area contributed by atoms with Crippen molar-refractivity contribution < 1.29 is 28.2 Å².